The molecule has 0 unspecified atom stereocenters. The van der Waals surface area contributed by atoms with Gasteiger partial charge in [-0.25, -0.2) is 0 Å². The second-order valence-corrected chi connectivity index (χ2v) is 5.01. The Kier molecular flexibility index (Phi) is 2.72. The second-order valence-electron chi connectivity index (χ2n) is 2.86. The van der Waals surface area contributed by atoms with Gasteiger partial charge in [0.1, 0.15) is 0 Å². The molecule has 1 aromatic heterocycles. The maximum Gasteiger partial charge on any atom is 0.0998 e. The van der Waals surface area contributed by atoms with Crippen molar-refractivity contribution in [2.45, 2.75) is 6.61 Å². The number of halogens is 1. The summed E-state index contributed by atoms with van der Waals surface area (Å²) in [6.45, 7) is -0.00469. The topological polar surface area (TPSA) is 44.0 Å². The van der Waals surface area contributed by atoms with Crippen LogP contribution in [0.3, 0.4) is 0 Å². The number of nitriles is 1. The molecule has 0 saturated heterocycles. The van der Waals surface area contributed by atoms with E-state index in [4.69, 9.17) is 10.4 Å². The first-order valence-corrected chi connectivity index (χ1v) is 5.92. The third kappa shape index (κ3) is 1.52. The van der Waals surface area contributed by atoms with Crippen molar-refractivity contribution in [3.63, 3.8) is 0 Å². The van der Waals surface area contributed by atoms with E-state index in [1.165, 1.54) is 0 Å². The Labute approximate surface area is 98.9 Å². The first-order chi connectivity index (χ1) is 6.76. The minimum absolute atomic E-state index is 0.00469. The van der Waals surface area contributed by atoms with Crippen LogP contribution in [0.25, 0.3) is 10.1 Å². The molecule has 1 N–H and O–H groups in total. The highest BCUT2D eigenvalue weighted by Crippen LogP contribution is 2.30. The average Bonchev–Trinajstić information content (AvgIpc) is 2.59. The average molecular weight is 315 g/mol. The van der Waals surface area contributed by atoms with E-state index in [2.05, 4.69) is 28.7 Å². The molecule has 1 heterocycles. The maximum absolute atomic E-state index is 9.11. The lowest BCUT2D eigenvalue weighted by atomic mass is 10.1. The van der Waals surface area contributed by atoms with Crippen LogP contribution in [0, 0.1) is 14.9 Å². The van der Waals surface area contributed by atoms with Crippen LogP contribution in [0.4, 0.5) is 0 Å². The van der Waals surface area contributed by atoms with Crippen LogP contribution in [0.1, 0.15) is 11.1 Å². The third-order valence-corrected chi connectivity index (χ3v) is 3.61. The molecule has 0 bridgehead atoms. The first-order valence-electron chi connectivity index (χ1n) is 3.97. The molecular formula is C10H6INOS. The van der Waals surface area contributed by atoms with Crippen molar-refractivity contribution in [3.8, 4) is 6.07 Å². The minimum atomic E-state index is -0.00469. The number of hydrogen-bond acceptors (Lipinski definition) is 3. The standard InChI is InChI=1S/C10H6INOS/c11-8-1-6(3-12)10-7(4-13)5-14-9(10)2-8/h1-2,5,13H,4H2. The first kappa shape index (κ1) is 9.90. The van der Waals surface area contributed by atoms with Crippen molar-refractivity contribution < 1.29 is 5.11 Å². The summed E-state index contributed by atoms with van der Waals surface area (Å²) in [5, 5.41) is 20.9. The molecule has 4 heteroatoms. The van der Waals surface area contributed by atoms with Gasteiger partial charge in [-0.1, -0.05) is 0 Å². The van der Waals surface area contributed by atoms with Crippen LogP contribution < -0.4 is 0 Å². The zero-order valence-electron chi connectivity index (χ0n) is 7.12. The molecule has 0 saturated carbocycles. The number of thiophene rings is 1. The van der Waals surface area contributed by atoms with Gasteiger partial charge in [0.2, 0.25) is 0 Å². The van der Waals surface area contributed by atoms with Gasteiger partial charge < -0.3 is 5.11 Å². The fraction of sp³-hybridized carbons (Fsp3) is 0.100. The molecule has 0 fully saturated rings. The van der Waals surface area contributed by atoms with Crippen LogP contribution in [0.15, 0.2) is 17.5 Å². The van der Waals surface area contributed by atoms with Crippen LogP contribution >= 0.6 is 33.9 Å². The molecule has 14 heavy (non-hydrogen) atoms. The number of aliphatic hydroxyl groups is 1. The Bertz CT molecular complexity index is 527. The summed E-state index contributed by atoms with van der Waals surface area (Å²) < 4.78 is 2.12. The maximum atomic E-state index is 9.11. The van der Waals surface area contributed by atoms with Crippen molar-refractivity contribution >= 4 is 44.0 Å². The molecule has 0 spiro atoms. The second kappa shape index (κ2) is 3.85. The highest BCUT2D eigenvalue weighted by Gasteiger charge is 2.09. The zero-order valence-corrected chi connectivity index (χ0v) is 10.1. The molecule has 0 aliphatic carbocycles. The zero-order chi connectivity index (χ0) is 10.1. The summed E-state index contributed by atoms with van der Waals surface area (Å²) in [6.07, 6.45) is 0. The van der Waals surface area contributed by atoms with E-state index in [1.54, 1.807) is 11.3 Å². The minimum Gasteiger partial charge on any atom is -0.392 e. The van der Waals surface area contributed by atoms with Crippen molar-refractivity contribution in [3.05, 3.63) is 32.2 Å². The molecule has 0 amide bonds. The van der Waals surface area contributed by atoms with Gasteiger partial charge in [-0.15, -0.1) is 11.3 Å². The molecule has 70 valence electrons. The monoisotopic (exact) mass is 315 g/mol. The highest BCUT2D eigenvalue weighted by molar-refractivity contribution is 14.1. The normalized spacial score (nSPS) is 10.4. The van der Waals surface area contributed by atoms with Crippen molar-refractivity contribution in [2.75, 3.05) is 0 Å². The SMILES string of the molecule is N#Cc1cc(I)cc2scc(CO)c12. The van der Waals surface area contributed by atoms with Gasteiger partial charge in [-0.3, -0.25) is 0 Å². The highest BCUT2D eigenvalue weighted by atomic mass is 127. The number of hydrogen-bond donors (Lipinski definition) is 1. The van der Waals surface area contributed by atoms with E-state index in [1.807, 2.05) is 17.5 Å². The fourth-order valence-electron chi connectivity index (χ4n) is 1.40. The van der Waals surface area contributed by atoms with E-state index in [0.29, 0.717) is 5.56 Å². The molecule has 2 rings (SSSR count). The molecule has 0 aliphatic heterocycles. The van der Waals surface area contributed by atoms with E-state index >= 15 is 0 Å². The van der Waals surface area contributed by atoms with Gasteiger partial charge in [0.15, 0.2) is 0 Å². The molecule has 0 radical (unpaired) electrons. The van der Waals surface area contributed by atoms with Crippen molar-refractivity contribution in [1.82, 2.24) is 0 Å². The van der Waals surface area contributed by atoms with E-state index in [0.717, 1.165) is 19.2 Å². The summed E-state index contributed by atoms with van der Waals surface area (Å²) in [5.41, 5.74) is 1.50. The van der Waals surface area contributed by atoms with E-state index in [9.17, 15) is 0 Å². The summed E-state index contributed by atoms with van der Waals surface area (Å²) in [6, 6.07) is 6.03. The van der Waals surface area contributed by atoms with E-state index in [-0.39, 0.29) is 6.61 Å². The summed E-state index contributed by atoms with van der Waals surface area (Å²) in [4.78, 5) is 0. The van der Waals surface area contributed by atoms with Gasteiger partial charge in [0.25, 0.3) is 0 Å². The number of aliphatic hydroxyl groups excluding tert-OH is 1. The lowest BCUT2D eigenvalue weighted by Gasteiger charge is -1.98. The third-order valence-electron chi connectivity index (χ3n) is 2.01. The molecule has 0 atom stereocenters. The molecule has 2 aromatic rings. The number of fused-ring (bicyclic) bond motifs is 1. The molecular weight excluding hydrogens is 309 g/mol. The van der Waals surface area contributed by atoms with Gasteiger partial charge in [-0.05, 0) is 45.7 Å². The lowest BCUT2D eigenvalue weighted by Crippen LogP contribution is -1.84. The Hall–Kier alpha value is -0.640. The smallest absolute Gasteiger partial charge is 0.0998 e. The van der Waals surface area contributed by atoms with Gasteiger partial charge in [0.05, 0.1) is 18.2 Å². The summed E-state index contributed by atoms with van der Waals surface area (Å²) in [5.74, 6) is 0. The quantitative estimate of drug-likeness (QED) is 0.823. The summed E-state index contributed by atoms with van der Waals surface area (Å²) in [7, 11) is 0. The summed E-state index contributed by atoms with van der Waals surface area (Å²) >= 11 is 3.76. The van der Waals surface area contributed by atoms with Gasteiger partial charge >= 0.3 is 0 Å². The Morgan fingerprint density at radius 3 is 2.93 bits per heavy atom. The molecule has 1 aromatic carbocycles. The number of benzene rings is 1. The van der Waals surface area contributed by atoms with Gasteiger partial charge in [0, 0.05) is 13.7 Å². The number of rotatable bonds is 1. The van der Waals surface area contributed by atoms with Crippen LogP contribution in [0.5, 0.6) is 0 Å². The predicted octanol–water partition coefficient (Wildman–Crippen LogP) is 2.87. The lowest BCUT2D eigenvalue weighted by molar-refractivity contribution is 0.284. The van der Waals surface area contributed by atoms with Crippen molar-refractivity contribution in [2.24, 2.45) is 0 Å². The van der Waals surface area contributed by atoms with E-state index < -0.39 is 0 Å². The largest absolute Gasteiger partial charge is 0.392 e. The predicted molar refractivity (Wildman–Crippen MR) is 65.2 cm³/mol. The van der Waals surface area contributed by atoms with Crippen LogP contribution in [0.2, 0.25) is 0 Å². The fourth-order valence-corrected chi connectivity index (χ4v) is 3.25. The Balaban J connectivity index is 2.87. The van der Waals surface area contributed by atoms with Crippen LogP contribution in [-0.4, -0.2) is 5.11 Å². The van der Waals surface area contributed by atoms with Gasteiger partial charge in [-0.2, -0.15) is 5.26 Å². The number of nitrogens with zero attached hydrogens (tertiary/aromatic N) is 1. The molecule has 0 aliphatic rings. The van der Waals surface area contributed by atoms with Crippen molar-refractivity contribution in [1.29, 1.82) is 5.26 Å². The Morgan fingerprint density at radius 2 is 2.29 bits per heavy atom. The Morgan fingerprint density at radius 1 is 1.50 bits per heavy atom. The molecule has 2 nitrogen and oxygen atoms in total. The van der Waals surface area contributed by atoms with Crippen LogP contribution in [-0.2, 0) is 6.61 Å².